The van der Waals surface area contributed by atoms with Crippen molar-refractivity contribution < 1.29 is 0 Å². The Morgan fingerprint density at radius 2 is 0.677 bits per heavy atom. The van der Waals surface area contributed by atoms with Gasteiger partial charge in [-0.05, 0) is 110 Å². The summed E-state index contributed by atoms with van der Waals surface area (Å²) in [6, 6.07) is 15.0. The maximum Gasteiger partial charge on any atom is -0.00958 e. The van der Waals surface area contributed by atoms with E-state index in [1.54, 1.807) is 0 Å². The Balaban J connectivity index is 2.30. The number of aryl methyl sites for hydroxylation is 5. The van der Waals surface area contributed by atoms with Crippen LogP contribution in [-0.4, -0.2) is 0 Å². The quantitative estimate of drug-likeness (QED) is 0.278. The van der Waals surface area contributed by atoms with Gasteiger partial charge in [-0.15, -0.1) is 0 Å². The first-order valence-corrected chi connectivity index (χ1v) is 12.5. The lowest BCUT2D eigenvalue weighted by Gasteiger charge is -2.20. The van der Waals surface area contributed by atoms with Crippen LogP contribution in [0.5, 0.6) is 0 Å². The summed E-state index contributed by atoms with van der Waals surface area (Å²) in [5, 5.41) is 8.63. The molecule has 0 N–H and O–H groups in total. The fraction of sp³-hybridized carbons (Fsp3) is 0.419. The zero-order chi connectivity index (χ0) is 22.3. The molecule has 162 valence electrons. The van der Waals surface area contributed by atoms with Gasteiger partial charge in [0.05, 0.1) is 0 Å². The molecule has 0 unspecified atom stereocenters. The largest absolute Gasteiger partial charge is 0.0613 e. The first kappa shape index (κ1) is 21.9. The molecule has 0 radical (unpaired) electrons. The molecule has 0 saturated heterocycles. The Morgan fingerprint density at radius 3 is 0.935 bits per heavy atom. The van der Waals surface area contributed by atoms with Crippen LogP contribution in [0, 0.1) is 0 Å². The van der Waals surface area contributed by atoms with E-state index in [1.165, 1.54) is 65.7 Å². The average molecular weight is 411 g/mol. The van der Waals surface area contributed by atoms with Crippen molar-refractivity contribution in [3.8, 4) is 0 Å². The molecular formula is C31H38. The molecule has 31 heavy (non-hydrogen) atoms. The molecule has 4 rings (SSSR count). The van der Waals surface area contributed by atoms with Crippen LogP contribution in [0.4, 0.5) is 0 Å². The lowest BCUT2D eigenvalue weighted by atomic mass is 9.84. The molecule has 4 aromatic rings. The van der Waals surface area contributed by atoms with E-state index in [-0.39, 0.29) is 0 Å². The average Bonchev–Trinajstić information content (AvgIpc) is 2.81. The maximum atomic E-state index is 2.52. The molecule has 0 heterocycles. The molecule has 0 aromatic heterocycles. The van der Waals surface area contributed by atoms with Crippen molar-refractivity contribution in [2.24, 2.45) is 0 Å². The van der Waals surface area contributed by atoms with Crippen molar-refractivity contribution in [3.63, 3.8) is 0 Å². The highest BCUT2D eigenvalue weighted by Crippen LogP contribution is 2.40. The minimum Gasteiger partial charge on any atom is -0.0613 e. The minimum atomic E-state index is 0.541. The van der Waals surface area contributed by atoms with Gasteiger partial charge >= 0.3 is 0 Å². The first-order chi connectivity index (χ1) is 15.0. The maximum absolute atomic E-state index is 2.52. The number of hydrogen-bond donors (Lipinski definition) is 0. The fourth-order valence-corrected chi connectivity index (χ4v) is 5.54. The van der Waals surface area contributed by atoms with Crippen LogP contribution in [0.2, 0.25) is 0 Å². The van der Waals surface area contributed by atoms with E-state index in [4.69, 9.17) is 0 Å². The summed E-state index contributed by atoms with van der Waals surface area (Å²) in [7, 11) is 0. The third kappa shape index (κ3) is 3.55. The van der Waals surface area contributed by atoms with Gasteiger partial charge in [0.1, 0.15) is 0 Å². The molecule has 0 fully saturated rings. The second-order valence-electron chi connectivity index (χ2n) is 9.35. The molecule has 0 nitrogen and oxygen atoms in total. The molecule has 0 atom stereocenters. The molecule has 0 bridgehead atoms. The van der Waals surface area contributed by atoms with Gasteiger partial charge in [-0.3, -0.25) is 0 Å². The van der Waals surface area contributed by atoms with Gasteiger partial charge in [0.2, 0.25) is 0 Å². The van der Waals surface area contributed by atoms with E-state index in [0.29, 0.717) is 5.92 Å². The van der Waals surface area contributed by atoms with Gasteiger partial charge in [0.15, 0.2) is 0 Å². The zero-order valence-electron chi connectivity index (χ0n) is 20.6. The number of fused-ring (bicyclic) bond motifs is 6. The Bertz CT molecular complexity index is 1230. The molecule has 0 aliphatic heterocycles. The molecule has 0 amide bonds. The molecule has 4 aromatic carbocycles. The highest BCUT2D eigenvalue weighted by atomic mass is 14.2. The monoisotopic (exact) mass is 410 g/mol. The summed E-state index contributed by atoms with van der Waals surface area (Å²) in [6.07, 6.45) is 5.47. The third-order valence-corrected chi connectivity index (χ3v) is 7.36. The SMILES string of the molecule is CCc1cc2c3cc(CC)c(CC)cc3c3cc(C(C)C)c(CC)cc3c2cc1CC. The lowest BCUT2D eigenvalue weighted by Crippen LogP contribution is -1.99. The highest BCUT2D eigenvalue weighted by molar-refractivity contribution is 6.26. The molecule has 0 spiro atoms. The molecule has 0 aliphatic rings. The van der Waals surface area contributed by atoms with Crippen molar-refractivity contribution in [2.45, 2.75) is 86.5 Å². The Kier molecular flexibility index (Phi) is 6.11. The number of benzene rings is 4. The van der Waals surface area contributed by atoms with Gasteiger partial charge in [-0.25, -0.2) is 0 Å². The Labute approximate surface area is 188 Å². The summed E-state index contributed by atoms with van der Waals surface area (Å²) in [5.74, 6) is 0.541. The van der Waals surface area contributed by atoms with Crippen LogP contribution < -0.4 is 0 Å². The topological polar surface area (TPSA) is 0 Å². The normalized spacial score (nSPS) is 12.0. The summed E-state index contributed by atoms with van der Waals surface area (Å²) in [4.78, 5) is 0. The highest BCUT2D eigenvalue weighted by Gasteiger charge is 2.16. The van der Waals surface area contributed by atoms with Gasteiger partial charge in [-0.2, -0.15) is 0 Å². The van der Waals surface area contributed by atoms with Crippen molar-refractivity contribution in [1.82, 2.24) is 0 Å². The summed E-state index contributed by atoms with van der Waals surface area (Å²) in [5.41, 5.74) is 9.02. The van der Waals surface area contributed by atoms with E-state index in [2.05, 4.69) is 84.9 Å². The van der Waals surface area contributed by atoms with Crippen molar-refractivity contribution in [2.75, 3.05) is 0 Å². The van der Waals surface area contributed by atoms with Crippen molar-refractivity contribution >= 4 is 32.3 Å². The van der Waals surface area contributed by atoms with Crippen molar-refractivity contribution in [1.29, 1.82) is 0 Å². The number of rotatable bonds is 6. The van der Waals surface area contributed by atoms with E-state index in [0.717, 1.165) is 32.1 Å². The summed E-state index contributed by atoms with van der Waals surface area (Å²) < 4.78 is 0. The number of hydrogen-bond acceptors (Lipinski definition) is 0. The van der Waals surface area contributed by atoms with Gasteiger partial charge in [0, 0.05) is 0 Å². The summed E-state index contributed by atoms with van der Waals surface area (Å²) in [6.45, 7) is 16.1. The summed E-state index contributed by atoms with van der Waals surface area (Å²) >= 11 is 0. The smallest absolute Gasteiger partial charge is 0.00958 e. The fourth-order valence-electron chi connectivity index (χ4n) is 5.54. The van der Waals surface area contributed by atoms with Crippen LogP contribution in [-0.2, 0) is 32.1 Å². The second kappa shape index (κ2) is 8.65. The predicted molar refractivity (Wildman–Crippen MR) is 140 cm³/mol. The zero-order valence-corrected chi connectivity index (χ0v) is 20.6. The van der Waals surface area contributed by atoms with Crippen LogP contribution in [0.1, 0.15) is 87.8 Å². The van der Waals surface area contributed by atoms with Crippen molar-refractivity contribution in [3.05, 3.63) is 69.8 Å². The Hall–Kier alpha value is -2.34. The molecule has 0 saturated carbocycles. The third-order valence-electron chi connectivity index (χ3n) is 7.36. The van der Waals surface area contributed by atoms with Crippen LogP contribution >= 0.6 is 0 Å². The molecular weight excluding hydrogens is 372 g/mol. The Morgan fingerprint density at radius 1 is 0.419 bits per heavy atom. The van der Waals surface area contributed by atoms with Crippen LogP contribution in [0.3, 0.4) is 0 Å². The minimum absolute atomic E-state index is 0.541. The van der Waals surface area contributed by atoms with E-state index in [1.807, 2.05) is 0 Å². The van der Waals surface area contributed by atoms with Gasteiger partial charge in [-0.1, -0.05) is 78.8 Å². The second-order valence-corrected chi connectivity index (χ2v) is 9.35. The van der Waals surface area contributed by atoms with Gasteiger partial charge < -0.3 is 0 Å². The van der Waals surface area contributed by atoms with E-state index < -0.39 is 0 Å². The molecule has 0 heteroatoms. The molecule has 0 aliphatic carbocycles. The van der Waals surface area contributed by atoms with Gasteiger partial charge in [0.25, 0.3) is 0 Å². The standard InChI is InChI=1S/C31H38/c1-8-20-13-26-27-14-21(9-2)23(11-4)16-29(27)31-18-25(19(6)7)24(12-5)17-30(31)28(26)15-22(20)10-3/h13-19H,8-12H2,1-7H3. The predicted octanol–water partition coefficient (Wildman–Crippen LogP) is 9.08. The van der Waals surface area contributed by atoms with E-state index >= 15 is 0 Å². The lowest BCUT2D eigenvalue weighted by molar-refractivity contribution is 0.847. The van der Waals surface area contributed by atoms with Crippen LogP contribution in [0.15, 0.2) is 36.4 Å². The van der Waals surface area contributed by atoms with E-state index in [9.17, 15) is 0 Å². The first-order valence-electron chi connectivity index (χ1n) is 12.5. The van der Waals surface area contributed by atoms with Crippen LogP contribution in [0.25, 0.3) is 32.3 Å².